The Labute approximate surface area is 125 Å². The number of benzene rings is 2. The van der Waals surface area contributed by atoms with Crippen LogP contribution in [0.4, 0.5) is 4.39 Å². The maximum Gasteiger partial charge on any atom is 0.160 e. The van der Waals surface area contributed by atoms with Gasteiger partial charge in [-0.3, -0.25) is 4.79 Å². The first-order chi connectivity index (χ1) is 9.81. The number of halogens is 1. The van der Waals surface area contributed by atoms with E-state index in [4.69, 9.17) is 0 Å². The van der Waals surface area contributed by atoms with E-state index >= 15 is 0 Å². The molecule has 1 N–H and O–H groups in total. The third-order valence-corrected chi connectivity index (χ3v) is 4.99. The molecule has 0 aliphatic heterocycles. The number of carbonyl (C=O) groups is 1. The molecule has 0 spiro atoms. The molecular formula is C17H18FO2P. The van der Waals surface area contributed by atoms with Crippen LogP contribution in [0.15, 0.2) is 42.5 Å². The van der Waals surface area contributed by atoms with Crippen LogP contribution in [0.1, 0.15) is 36.7 Å². The van der Waals surface area contributed by atoms with Crippen molar-refractivity contribution in [2.45, 2.75) is 25.9 Å². The number of aromatic hydroxyl groups is 1. The Morgan fingerprint density at radius 3 is 2.48 bits per heavy atom. The monoisotopic (exact) mass is 304 g/mol. The van der Waals surface area contributed by atoms with Gasteiger partial charge in [-0.05, 0) is 30.4 Å². The zero-order valence-corrected chi connectivity index (χ0v) is 13.3. The lowest BCUT2D eigenvalue weighted by Gasteiger charge is -2.27. The van der Waals surface area contributed by atoms with Gasteiger partial charge in [-0.25, -0.2) is 4.39 Å². The molecule has 0 radical (unpaired) electrons. The van der Waals surface area contributed by atoms with Crippen molar-refractivity contribution in [2.24, 2.45) is 0 Å². The molecule has 110 valence electrons. The standard InChI is InChI=1S/C17H18FO2P/c1-11(19)13-10-12(18)8-9-16(13)21-17(2,3)14-6-4-5-7-15(14)20/h4-10,20-21H,1-3H3. The molecule has 0 aliphatic carbocycles. The van der Waals surface area contributed by atoms with Crippen LogP contribution in [0.5, 0.6) is 5.75 Å². The van der Waals surface area contributed by atoms with Crippen molar-refractivity contribution in [3.05, 3.63) is 59.4 Å². The molecule has 0 amide bonds. The van der Waals surface area contributed by atoms with Gasteiger partial charge in [-0.2, -0.15) is 0 Å². The zero-order valence-electron chi connectivity index (χ0n) is 12.3. The fraction of sp³-hybridized carbons (Fsp3) is 0.235. The van der Waals surface area contributed by atoms with Gasteiger partial charge in [0.05, 0.1) is 0 Å². The molecule has 2 nitrogen and oxygen atoms in total. The van der Waals surface area contributed by atoms with Crippen molar-refractivity contribution < 1.29 is 14.3 Å². The van der Waals surface area contributed by atoms with Crippen LogP contribution in [-0.2, 0) is 5.16 Å². The van der Waals surface area contributed by atoms with E-state index in [9.17, 15) is 14.3 Å². The molecule has 0 aromatic heterocycles. The second-order valence-electron chi connectivity index (χ2n) is 5.51. The summed E-state index contributed by atoms with van der Waals surface area (Å²) in [6.07, 6.45) is 0. The number of hydrogen-bond donors (Lipinski definition) is 1. The summed E-state index contributed by atoms with van der Waals surface area (Å²) >= 11 is 0. The number of hydrogen-bond acceptors (Lipinski definition) is 2. The summed E-state index contributed by atoms with van der Waals surface area (Å²) in [7, 11) is 0.245. The molecule has 2 rings (SSSR count). The molecule has 2 aromatic carbocycles. The average Bonchev–Trinajstić information content (AvgIpc) is 2.40. The number of ketones is 1. The third kappa shape index (κ3) is 3.48. The fourth-order valence-electron chi connectivity index (χ4n) is 2.32. The summed E-state index contributed by atoms with van der Waals surface area (Å²) in [5.74, 6) is -0.319. The molecule has 0 bridgehead atoms. The molecule has 1 atom stereocenters. The van der Waals surface area contributed by atoms with Gasteiger partial charge in [0.2, 0.25) is 0 Å². The third-order valence-electron chi connectivity index (χ3n) is 3.39. The number of rotatable bonds is 4. The highest BCUT2D eigenvalue weighted by molar-refractivity contribution is 7.48. The molecule has 0 heterocycles. The van der Waals surface area contributed by atoms with E-state index in [0.29, 0.717) is 5.56 Å². The van der Waals surface area contributed by atoms with Crippen molar-refractivity contribution in [1.82, 2.24) is 0 Å². The van der Waals surface area contributed by atoms with Crippen LogP contribution < -0.4 is 5.30 Å². The Bertz CT molecular complexity index is 680. The SMILES string of the molecule is CC(=O)c1cc(F)ccc1PC(C)(C)c1ccccc1O. The van der Waals surface area contributed by atoms with E-state index in [0.717, 1.165) is 10.9 Å². The van der Waals surface area contributed by atoms with Crippen molar-refractivity contribution in [1.29, 1.82) is 0 Å². The van der Waals surface area contributed by atoms with Gasteiger partial charge in [0.15, 0.2) is 5.78 Å². The van der Waals surface area contributed by atoms with Crippen LogP contribution in [0.3, 0.4) is 0 Å². The van der Waals surface area contributed by atoms with E-state index in [-0.39, 0.29) is 25.3 Å². The van der Waals surface area contributed by atoms with Crippen molar-refractivity contribution in [2.75, 3.05) is 0 Å². The largest absolute Gasteiger partial charge is 0.508 e. The van der Waals surface area contributed by atoms with Gasteiger partial charge in [0.25, 0.3) is 0 Å². The Kier molecular flexibility index (Phi) is 4.43. The van der Waals surface area contributed by atoms with Gasteiger partial charge in [0, 0.05) is 16.3 Å². The zero-order chi connectivity index (χ0) is 15.6. The number of para-hydroxylation sites is 1. The Hall–Kier alpha value is -1.73. The molecule has 4 heteroatoms. The predicted molar refractivity (Wildman–Crippen MR) is 85.5 cm³/mol. The summed E-state index contributed by atoms with van der Waals surface area (Å²) < 4.78 is 13.3. The van der Waals surface area contributed by atoms with Gasteiger partial charge in [-0.15, -0.1) is 0 Å². The quantitative estimate of drug-likeness (QED) is 0.685. The Morgan fingerprint density at radius 1 is 1.19 bits per heavy atom. The van der Waals surface area contributed by atoms with Gasteiger partial charge < -0.3 is 5.11 Å². The Morgan fingerprint density at radius 2 is 1.86 bits per heavy atom. The van der Waals surface area contributed by atoms with Crippen LogP contribution in [-0.4, -0.2) is 10.9 Å². The molecule has 0 saturated heterocycles. The van der Waals surface area contributed by atoms with Crippen molar-refractivity contribution >= 4 is 19.7 Å². The first kappa shape index (κ1) is 15.7. The first-order valence-corrected chi connectivity index (χ1v) is 7.68. The van der Waals surface area contributed by atoms with E-state index in [2.05, 4.69) is 0 Å². The maximum absolute atomic E-state index is 13.3. The minimum absolute atomic E-state index is 0.148. The summed E-state index contributed by atoms with van der Waals surface area (Å²) in [6.45, 7) is 5.46. The topological polar surface area (TPSA) is 37.3 Å². The average molecular weight is 304 g/mol. The lowest BCUT2D eigenvalue weighted by molar-refractivity contribution is 0.101. The summed E-state index contributed by atoms with van der Waals surface area (Å²) in [5, 5.41) is 10.5. The molecule has 0 saturated carbocycles. The number of carbonyl (C=O) groups excluding carboxylic acids is 1. The summed E-state index contributed by atoms with van der Waals surface area (Å²) in [5.41, 5.74) is 1.24. The molecule has 2 aromatic rings. The van der Waals surface area contributed by atoms with Crippen LogP contribution in [0.2, 0.25) is 0 Å². The van der Waals surface area contributed by atoms with Gasteiger partial charge >= 0.3 is 0 Å². The number of phenolic OH excluding ortho intramolecular Hbond substituents is 1. The number of Topliss-reactive ketones (excluding diaryl/α,β-unsaturated/α-hetero) is 1. The lowest BCUT2D eigenvalue weighted by atomic mass is 10.0. The highest BCUT2D eigenvalue weighted by Gasteiger charge is 2.25. The fourth-order valence-corrected chi connectivity index (χ4v) is 3.89. The smallest absolute Gasteiger partial charge is 0.160 e. The molecular weight excluding hydrogens is 286 g/mol. The van der Waals surface area contributed by atoms with Crippen LogP contribution in [0.25, 0.3) is 0 Å². The predicted octanol–water partition coefficient (Wildman–Crippen LogP) is 3.97. The summed E-state index contributed by atoms with van der Waals surface area (Å²) in [6, 6.07) is 11.5. The second-order valence-corrected chi connectivity index (χ2v) is 7.55. The molecule has 0 fully saturated rings. The molecule has 0 aliphatic rings. The lowest BCUT2D eigenvalue weighted by Crippen LogP contribution is -2.19. The number of phenols is 1. The van der Waals surface area contributed by atoms with Crippen LogP contribution in [0, 0.1) is 5.82 Å². The molecule has 1 unspecified atom stereocenters. The van der Waals surface area contributed by atoms with E-state index in [1.807, 2.05) is 26.0 Å². The van der Waals surface area contributed by atoms with Gasteiger partial charge in [-0.1, -0.05) is 46.7 Å². The minimum Gasteiger partial charge on any atom is -0.508 e. The van der Waals surface area contributed by atoms with E-state index in [1.54, 1.807) is 18.2 Å². The highest BCUT2D eigenvalue weighted by atomic mass is 31.1. The highest BCUT2D eigenvalue weighted by Crippen LogP contribution is 2.44. The van der Waals surface area contributed by atoms with E-state index < -0.39 is 5.82 Å². The van der Waals surface area contributed by atoms with Crippen molar-refractivity contribution in [3.8, 4) is 5.75 Å². The first-order valence-electron chi connectivity index (χ1n) is 6.68. The maximum atomic E-state index is 13.3. The minimum atomic E-state index is -0.408. The second kappa shape index (κ2) is 5.95. The normalized spacial score (nSPS) is 12.0. The van der Waals surface area contributed by atoms with Crippen LogP contribution >= 0.6 is 8.58 Å². The van der Waals surface area contributed by atoms with Gasteiger partial charge in [0.1, 0.15) is 11.6 Å². The van der Waals surface area contributed by atoms with E-state index in [1.165, 1.54) is 19.1 Å². The Balaban J connectivity index is 2.42. The van der Waals surface area contributed by atoms with Crippen molar-refractivity contribution in [3.63, 3.8) is 0 Å². The molecule has 21 heavy (non-hydrogen) atoms. The summed E-state index contributed by atoms with van der Waals surface area (Å²) in [4.78, 5) is 11.7.